The molecule has 0 radical (unpaired) electrons. The molecule has 0 aliphatic heterocycles. The number of aryl methyl sites for hydroxylation is 1. The van der Waals surface area contributed by atoms with E-state index in [0.29, 0.717) is 18.7 Å². The summed E-state index contributed by atoms with van der Waals surface area (Å²) in [5.41, 5.74) is 2.05. The van der Waals surface area contributed by atoms with Crippen molar-refractivity contribution >= 4 is 27.5 Å². The van der Waals surface area contributed by atoms with Crippen LogP contribution in [0.3, 0.4) is 0 Å². The molecule has 10 heteroatoms. The fourth-order valence-electron chi connectivity index (χ4n) is 3.98. The Morgan fingerprint density at radius 2 is 1.76 bits per heavy atom. The van der Waals surface area contributed by atoms with Gasteiger partial charge in [-0.15, -0.1) is 0 Å². The highest BCUT2D eigenvalue weighted by atomic mass is 32.2. The summed E-state index contributed by atoms with van der Waals surface area (Å²) in [4.78, 5) is 28.4. The molecular weight excluding hydrogens is 494 g/mol. The van der Waals surface area contributed by atoms with Crippen molar-refractivity contribution in [3.8, 4) is 11.5 Å². The van der Waals surface area contributed by atoms with E-state index in [9.17, 15) is 18.0 Å². The van der Waals surface area contributed by atoms with Gasteiger partial charge in [0.25, 0.3) is 0 Å². The molecule has 9 nitrogen and oxygen atoms in total. The lowest BCUT2D eigenvalue weighted by atomic mass is 10.1. The van der Waals surface area contributed by atoms with Crippen LogP contribution in [-0.4, -0.2) is 64.7 Å². The van der Waals surface area contributed by atoms with Gasteiger partial charge in [0.15, 0.2) is 0 Å². The van der Waals surface area contributed by atoms with Crippen molar-refractivity contribution in [2.24, 2.45) is 0 Å². The van der Waals surface area contributed by atoms with Crippen molar-refractivity contribution in [2.75, 3.05) is 37.9 Å². The molecule has 1 N–H and O–H groups in total. The Morgan fingerprint density at radius 3 is 2.32 bits per heavy atom. The lowest BCUT2D eigenvalue weighted by Gasteiger charge is -2.33. The molecule has 2 aromatic carbocycles. The largest absolute Gasteiger partial charge is 0.497 e. The quantitative estimate of drug-likeness (QED) is 0.373. The summed E-state index contributed by atoms with van der Waals surface area (Å²) >= 11 is 0. The molecule has 204 valence electrons. The van der Waals surface area contributed by atoms with Gasteiger partial charge in [0.1, 0.15) is 24.1 Å². The van der Waals surface area contributed by atoms with Crippen molar-refractivity contribution in [3.63, 3.8) is 0 Å². The maximum atomic E-state index is 13.8. The van der Waals surface area contributed by atoms with Gasteiger partial charge in [-0.2, -0.15) is 0 Å². The van der Waals surface area contributed by atoms with E-state index in [0.717, 1.165) is 34.5 Å². The predicted octanol–water partition coefficient (Wildman–Crippen LogP) is 3.50. The molecular formula is C27H39N3O6S. The minimum absolute atomic E-state index is 0.169. The lowest BCUT2D eigenvalue weighted by molar-refractivity contribution is -0.140. The summed E-state index contributed by atoms with van der Waals surface area (Å²) in [5, 5.41) is 2.92. The summed E-state index contributed by atoms with van der Waals surface area (Å²) in [5.74, 6) is -0.0291. The molecule has 0 bridgehead atoms. The van der Waals surface area contributed by atoms with E-state index in [1.54, 1.807) is 12.1 Å². The summed E-state index contributed by atoms with van der Waals surface area (Å²) in [7, 11) is -0.978. The zero-order valence-electron chi connectivity index (χ0n) is 22.6. The van der Waals surface area contributed by atoms with Gasteiger partial charge in [-0.3, -0.25) is 13.9 Å². The van der Waals surface area contributed by atoms with E-state index < -0.39 is 28.5 Å². The Kier molecular flexibility index (Phi) is 11.2. The summed E-state index contributed by atoms with van der Waals surface area (Å²) in [6.45, 7) is 5.99. The highest BCUT2D eigenvalue weighted by Crippen LogP contribution is 2.33. The van der Waals surface area contributed by atoms with Crippen molar-refractivity contribution in [1.29, 1.82) is 0 Å². The molecule has 0 aliphatic rings. The molecule has 1 atom stereocenters. The molecule has 0 heterocycles. The fourth-order valence-corrected chi connectivity index (χ4v) is 4.84. The molecule has 37 heavy (non-hydrogen) atoms. The van der Waals surface area contributed by atoms with Crippen LogP contribution in [0.5, 0.6) is 11.5 Å². The van der Waals surface area contributed by atoms with Gasteiger partial charge >= 0.3 is 0 Å². The van der Waals surface area contributed by atoms with E-state index in [1.165, 1.54) is 25.2 Å². The van der Waals surface area contributed by atoms with Crippen molar-refractivity contribution in [2.45, 2.75) is 52.6 Å². The maximum absolute atomic E-state index is 13.8. The number of hydrogen-bond donors (Lipinski definition) is 1. The average Bonchev–Trinajstić information content (AvgIpc) is 2.87. The average molecular weight is 534 g/mol. The van der Waals surface area contributed by atoms with Crippen LogP contribution in [-0.2, 0) is 26.2 Å². The minimum Gasteiger partial charge on any atom is -0.497 e. The van der Waals surface area contributed by atoms with E-state index >= 15 is 0 Å². The van der Waals surface area contributed by atoms with Crippen molar-refractivity contribution < 1.29 is 27.5 Å². The van der Waals surface area contributed by atoms with Crippen molar-refractivity contribution in [3.05, 3.63) is 53.6 Å². The van der Waals surface area contributed by atoms with E-state index in [1.807, 2.05) is 45.0 Å². The highest BCUT2D eigenvalue weighted by molar-refractivity contribution is 7.92. The number of anilines is 1. The second-order valence-corrected chi connectivity index (χ2v) is 10.7. The smallest absolute Gasteiger partial charge is 0.244 e. The molecule has 0 saturated heterocycles. The van der Waals surface area contributed by atoms with Gasteiger partial charge in [-0.05, 0) is 43.0 Å². The second kappa shape index (κ2) is 13.9. The van der Waals surface area contributed by atoms with E-state index in [4.69, 9.17) is 9.47 Å². The molecule has 2 amide bonds. The van der Waals surface area contributed by atoms with Crippen LogP contribution in [0.15, 0.2) is 42.5 Å². The normalized spacial score (nSPS) is 11.9. The molecule has 2 rings (SSSR count). The monoisotopic (exact) mass is 533 g/mol. The second-order valence-electron chi connectivity index (χ2n) is 8.82. The zero-order chi connectivity index (χ0) is 27.6. The Morgan fingerprint density at radius 1 is 1.05 bits per heavy atom. The van der Waals surface area contributed by atoms with Gasteiger partial charge in [0.05, 0.1) is 26.2 Å². The fraction of sp³-hybridized carbons (Fsp3) is 0.481. The van der Waals surface area contributed by atoms with Crippen LogP contribution in [0, 0.1) is 6.92 Å². The SMILES string of the molecule is CCCCNC(=O)C(CC)N(Cc1ccccc1C)C(=O)CN(c1ccc(OC)cc1OC)S(C)(=O)=O. The Labute approximate surface area is 220 Å². The molecule has 0 aliphatic carbocycles. The van der Waals surface area contributed by atoms with Crippen molar-refractivity contribution in [1.82, 2.24) is 10.2 Å². The summed E-state index contributed by atoms with van der Waals surface area (Å²) in [6, 6.07) is 11.5. The first-order valence-corrected chi connectivity index (χ1v) is 14.2. The molecule has 0 aromatic heterocycles. The number of methoxy groups -OCH3 is 2. The molecule has 1 unspecified atom stereocenters. The Bertz CT molecular complexity index is 1170. The van der Waals surface area contributed by atoms with Gasteiger partial charge in [0, 0.05) is 19.2 Å². The number of nitrogens with one attached hydrogen (secondary N) is 1. The van der Waals surface area contributed by atoms with Gasteiger partial charge in [-0.1, -0.05) is 44.5 Å². The summed E-state index contributed by atoms with van der Waals surface area (Å²) < 4.78 is 37.3. The topological polar surface area (TPSA) is 105 Å². The van der Waals surface area contributed by atoms with Crippen LogP contribution < -0.4 is 19.1 Å². The predicted molar refractivity (Wildman–Crippen MR) is 145 cm³/mol. The standard InChI is InChI=1S/C27H39N3O6S/c1-7-9-16-28-27(32)23(8-2)29(18-21-13-11-10-12-20(21)3)26(31)19-30(37(6,33)34)24-15-14-22(35-4)17-25(24)36-5/h10-15,17,23H,7-9,16,18-19H2,1-6H3,(H,28,32). The van der Waals surface area contributed by atoms with Crippen LogP contribution in [0.4, 0.5) is 5.69 Å². The van der Waals surface area contributed by atoms with E-state index in [-0.39, 0.29) is 23.9 Å². The number of carbonyl (C=O) groups is 2. The molecule has 2 aromatic rings. The Hall–Kier alpha value is -3.27. The summed E-state index contributed by atoms with van der Waals surface area (Å²) in [6.07, 6.45) is 3.16. The molecule has 0 spiro atoms. The lowest BCUT2D eigenvalue weighted by Crippen LogP contribution is -2.52. The number of unbranched alkanes of at least 4 members (excludes halogenated alkanes) is 1. The van der Waals surface area contributed by atoms with Crippen LogP contribution in [0.1, 0.15) is 44.2 Å². The first-order chi connectivity index (χ1) is 17.6. The zero-order valence-corrected chi connectivity index (χ0v) is 23.4. The third-order valence-electron chi connectivity index (χ3n) is 6.15. The van der Waals surface area contributed by atoms with Gasteiger partial charge in [-0.25, -0.2) is 8.42 Å². The number of amides is 2. The molecule has 0 fully saturated rings. The third-order valence-corrected chi connectivity index (χ3v) is 7.28. The van der Waals surface area contributed by atoms with Crippen LogP contribution in [0.25, 0.3) is 0 Å². The van der Waals surface area contributed by atoms with Crippen LogP contribution >= 0.6 is 0 Å². The van der Waals surface area contributed by atoms with Gasteiger partial charge in [0.2, 0.25) is 21.8 Å². The number of hydrogen-bond acceptors (Lipinski definition) is 6. The number of rotatable bonds is 14. The number of carbonyl (C=O) groups excluding carboxylic acids is 2. The number of sulfonamides is 1. The van der Waals surface area contributed by atoms with Gasteiger partial charge < -0.3 is 19.7 Å². The first kappa shape index (κ1) is 30.0. The number of nitrogens with zero attached hydrogens (tertiary/aromatic N) is 2. The third kappa shape index (κ3) is 8.11. The molecule has 0 saturated carbocycles. The maximum Gasteiger partial charge on any atom is 0.244 e. The van der Waals surface area contributed by atoms with Crippen LogP contribution in [0.2, 0.25) is 0 Å². The minimum atomic E-state index is -3.89. The highest BCUT2D eigenvalue weighted by Gasteiger charge is 2.32. The Balaban J connectivity index is 2.49. The number of ether oxygens (including phenoxy) is 2. The first-order valence-electron chi connectivity index (χ1n) is 12.4. The van der Waals surface area contributed by atoms with E-state index in [2.05, 4.69) is 5.32 Å². The number of benzene rings is 2.